The number of nitrogens with zero attached hydrogens (tertiary/aromatic N) is 2. The summed E-state index contributed by atoms with van der Waals surface area (Å²) < 4.78 is 1.50. The lowest BCUT2D eigenvalue weighted by Gasteiger charge is -2.09. The number of carbonyl (C=O) groups is 1. The van der Waals surface area contributed by atoms with Crippen molar-refractivity contribution in [3.05, 3.63) is 70.0 Å². The van der Waals surface area contributed by atoms with Gasteiger partial charge in [0.25, 0.3) is 0 Å². The van der Waals surface area contributed by atoms with Gasteiger partial charge in [0, 0.05) is 16.1 Å². The van der Waals surface area contributed by atoms with Crippen LogP contribution in [0.3, 0.4) is 0 Å². The van der Waals surface area contributed by atoms with Crippen molar-refractivity contribution in [3.8, 4) is 0 Å². The number of nitrogens with one attached hydrogen (secondary N) is 1. The van der Waals surface area contributed by atoms with Gasteiger partial charge in [-0.15, -0.1) is 0 Å². The minimum Gasteiger partial charge on any atom is -0.324 e. The van der Waals surface area contributed by atoms with Crippen LogP contribution in [0.5, 0.6) is 0 Å². The number of aromatic nitrogens is 2. The lowest BCUT2D eigenvalue weighted by Crippen LogP contribution is -2.22. The van der Waals surface area contributed by atoms with E-state index in [1.54, 1.807) is 48.5 Å². The van der Waals surface area contributed by atoms with E-state index in [9.17, 15) is 9.59 Å². The molecule has 3 aromatic rings. The van der Waals surface area contributed by atoms with Crippen LogP contribution in [0.15, 0.2) is 59.5 Å². The fraction of sp³-hybridized carbons (Fsp3) is 0.0625. The SMILES string of the molecule is O=C(Cn1ncc(=O)c2ccccc21)Nc1ccc(Cl)cc1. The number of halogens is 1. The van der Waals surface area contributed by atoms with Crippen LogP contribution < -0.4 is 10.7 Å². The minimum absolute atomic E-state index is 0.0173. The molecule has 2 aromatic carbocycles. The van der Waals surface area contributed by atoms with Gasteiger partial charge in [-0.1, -0.05) is 23.7 Å². The lowest BCUT2D eigenvalue weighted by atomic mass is 10.2. The number of carbonyl (C=O) groups excluding carboxylic acids is 1. The molecule has 3 rings (SSSR count). The average molecular weight is 314 g/mol. The Hall–Kier alpha value is -2.66. The first-order valence-corrected chi connectivity index (χ1v) is 7.01. The lowest BCUT2D eigenvalue weighted by molar-refractivity contribution is -0.116. The third-order valence-corrected chi connectivity index (χ3v) is 3.44. The van der Waals surface area contributed by atoms with Gasteiger partial charge >= 0.3 is 0 Å². The van der Waals surface area contributed by atoms with Crippen molar-refractivity contribution in [1.82, 2.24) is 9.78 Å². The van der Waals surface area contributed by atoms with Crippen LogP contribution in [-0.2, 0) is 11.3 Å². The molecule has 0 bridgehead atoms. The molecule has 0 spiro atoms. The fourth-order valence-corrected chi connectivity index (χ4v) is 2.28. The molecule has 22 heavy (non-hydrogen) atoms. The van der Waals surface area contributed by atoms with E-state index in [-0.39, 0.29) is 17.9 Å². The Balaban J connectivity index is 1.84. The van der Waals surface area contributed by atoms with Crippen molar-refractivity contribution in [3.63, 3.8) is 0 Å². The number of hydrogen-bond acceptors (Lipinski definition) is 3. The van der Waals surface area contributed by atoms with Crippen molar-refractivity contribution in [1.29, 1.82) is 0 Å². The Bertz CT molecular complexity index is 888. The van der Waals surface area contributed by atoms with Crippen LogP contribution >= 0.6 is 11.6 Å². The summed E-state index contributed by atoms with van der Waals surface area (Å²) in [5.74, 6) is -0.233. The highest BCUT2D eigenvalue weighted by Gasteiger charge is 2.08. The highest BCUT2D eigenvalue weighted by molar-refractivity contribution is 6.30. The van der Waals surface area contributed by atoms with E-state index in [0.29, 0.717) is 21.6 Å². The zero-order valence-electron chi connectivity index (χ0n) is 11.5. The molecule has 0 aliphatic carbocycles. The summed E-state index contributed by atoms with van der Waals surface area (Å²) in [6, 6.07) is 13.9. The first kappa shape index (κ1) is 14.3. The van der Waals surface area contributed by atoms with Crippen molar-refractivity contribution >= 4 is 34.1 Å². The maximum atomic E-state index is 12.1. The molecule has 110 valence electrons. The summed E-state index contributed by atoms with van der Waals surface area (Å²) in [6.07, 6.45) is 1.22. The summed E-state index contributed by atoms with van der Waals surface area (Å²) in [7, 11) is 0. The maximum Gasteiger partial charge on any atom is 0.246 e. The Morgan fingerprint density at radius 1 is 1.14 bits per heavy atom. The van der Waals surface area contributed by atoms with Gasteiger partial charge in [0.05, 0.1) is 11.7 Å². The number of anilines is 1. The van der Waals surface area contributed by atoms with Gasteiger partial charge in [-0.25, -0.2) is 0 Å². The molecule has 6 heteroatoms. The zero-order chi connectivity index (χ0) is 15.5. The topological polar surface area (TPSA) is 64.0 Å². The summed E-state index contributed by atoms with van der Waals surface area (Å²) in [6.45, 7) is 0.0173. The van der Waals surface area contributed by atoms with Gasteiger partial charge in [0.2, 0.25) is 11.3 Å². The summed E-state index contributed by atoms with van der Waals surface area (Å²) >= 11 is 5.80. The first-order valence-electron chi connectivity index (χ1n) is 6.64. The zero-order valence-corrected chi connectivity index (χ0v) is 12.2. The first-order chi connectivity index (χ1) is 10.6. The van der Waals surface area contributed by atoms with Crippen LogP contribution in [0.2, 0.25) is 5.02 Å². The Labute approximate surface area is 131 Å². The van der Waals surface area contributed by atoms with Gasteiger partial charge in [-0.05, 0) is 36.4 Å². The van der Waals surface area contributed by atoms with E-state index >= 15 is 0 Å². The second-order valence-electron chi connectivity index (χ2n) is 4.74. The van der Waals surface area contributed by atoms with Crippen LogP contribution in [0.25, 0.3) is 10.9 Å². The van der Waals surface area contributed by atoms with Gasteiger partial charge in [0.1, 0.15) is 6.54 Å². The quantitative estimate of drug-likeness (QED) is 0.808. The molecule has 0 unspecified atom stereocenters. The Kier molecular flexibility index (Phi) is 3.89. The van der Waals surface area contributed by atoms with Crippen LogP contribution in [-0.4, -0.2) is 15.7 Å². The molecule has 0 fully saturated rings. The van der Waals surface area contributed by atoms with Crippen LogP contribution in [0.4, 0.5) is 5.69 Å². The van der Waals surface area contributed by atoms with Crippen LogP contribution in [0, 0.1) is 0 Å². The monoisotopic (exact) mass is 313 g/mol. The number of para-hydroxylation sites is 1. The number of rotatable bonds is 3. The third-order valence-electron chi connectivity index (χ3n) is 3.18. The number of benzene rings is 2. The number of hydrogen-bond donors (Lipinski definition) is 1. The molecule has 1 N–H and O–H groups in total. The number of amides is 1. The molecule has 1 aromatic heterocycles. The van der Waals surface area contributed by atoms with E-state index in [0.717, 1.165) is 0 Å². The fourth-order valence-electron chi connectivity index (χ4n) is 2.16. The molecule has 0 radical (unpaired) electrons. The van der Waals surface area contributed by atoms with E-state index < -0.39 is 0 Å². The molecule has 0 saturated heterocycles. The van der Waals surface area contributed by atoms with Crippen molar-refractivity contribution in [2.75, 3.05) is 5.32 Å². The van der Waals surface area contributed by atoms with Gasteiger partial charge in [-0.3, -0.25) is 14.3 Å². The average Bonchev–Trinajstić information content (AvgIpc) is 2.53. The molecule has 1 heterocycles. The largest absolute Gasteiger partial charge is 0.324 e. The highest BCUT2D eigenvalue weighted by Crippen LogP contribution is 2.13. The molecule has 0 atom stereocenters. The van der Waals surface area contributed by atoms with Gasteiger partial charge in [0.15, 0.2) is 0 Å². The molecule has 0 aliphatic rings. The standard InChI is InChI=1S/C16H12ClN3O2/c17-11-5-7-12(8-6-11)19-16(22)10-20-14-4-2-1-3-13(14)15(21)9-18-20/h1-9H,10H2,(H,19,22). The van der Waals surface area contributed by atoms with Crippen molar-refractivity contribution < 1.29 is 4.79 Å². The molecule has 1 amide bonds. The van der Waals surface area contributed by atoms with Gasteiger partial charge < -0.3 is 5.32 Å². The predicted molar refractivity (Wildman–Crippen MR) is 86.1 cm³/mol. The maximum absolute atomic E-state index is 12.1. The van der Waals surface area contributed by atoms with E-state index in [1.165, 1.54) is 10.9 Å². The van der Waals surface area contributed by atoms with E-state index in [2.05, 4.69) is 10.4 Å². The Morgan fingerprint density at radius 2 is 1.86 bits per heavy atom. The van der Waals surface area contributed by atoms with Crippen LogP contribution in [0.1, 0.15) is 0 Å². The second kappa shape index (κ2) is 5.99. The highest BCUT2D eigenvalue weighted by atomic mass is 35.5. The number of fused-ring (bicyclic) bond motifs is 1. The summed E-state index contributed by atoms with van der Waals surface area (Å²) in [4.78, 5) is 23.9. The molecule has 0 aliphatic heterocycles. The summed E-state index contributed by atoms with van der Waals surface area (Å²) in [5, 5.41) is 7.93. The second-order valence-corrected chi connectivity index (χ2v) is 5.18. The smallest absolute Gasteiger partial charge is 0.246 e. The van der Waals surface area contributed by atoms with Crippen molar-refractivity contribution in [2.45, 2.75) is 6.54 Å². The van der Waals surface area contributed by atoms with E-state index in [4.69, 9.17) is 11.6 Å². The summed E-state index contributed by atoms with van der Waals surface area (Å²) in [5.41, 5.74) is 1.12. The molecule has 0 saturated carbocycles. The predicted octanol–water partition coefficient (Wildman–Crippen LogP) is 2.69. The third kappa shape index (κ3) is 2.99. The molecule has 5 nitrogen and oxygen atoms in total. The molecular weight excluding hydrogens is 302 g/mol. The minimum atomic E-state index is -0.233. The van der Waals surface area contributed by atoms with Crippen molar-refractivity contribution in [2.24, 2.45) is 0 Å². The Morgan fingerprint density at radius 3 is 2.64 bits per heavy atom. The van der Waals surface area contributed by atoms with Gasteiger partial charge in [-0.2, -0.15) is 5.10 Å². The normalized spacial score (nSPS) is 10.6. The van der Waals surface area contributed by atoms with E-state index in [1.807, 2.05) is 0 Å². The molecular formula is C16H12ClN3O2.